The average Bonchev–Trinajstić information content (AvgIpc) is 3.56. The molecule has 2 unspecified atom stereocenters. The molecule has 0 radical (unpaired) electrons. The number of halogens is 3. The summed E-state index contributed by atoms with van der Waals surface area (Å²) in [7, 11) is 0. The van der Waals surface area contributed by atoms with Gasteiger partial charge in [-0.25, -0.2) is 4.79 Å². The Morgan fingerprint density at radius 2 is 1.88 bits per heavy atom. The Hall–Kier alpha value is -2.91. The molecule has 0 saturated carbocycles. The SMILES string of the molecule is O=Cc1ccc(C2(C(F)(F)F)N=N2)cc1OCCOCCOCCNC(=O)CCCC[C@@H]1SCC2NC(=O)NC21. The van der Waals surface area contributed by atoms with Gasteiger partial charge in [0.15, 0.2) is 6.29 Å². The van der Waals surface area contributed by atoms with Gasteiger partial charge < -0.3 is 30.2 Å². The van der Waals surface area contributed by atoms with Crippen LogP contribution in [0.4, 0.5) is 18.0 Å². The van der Waals surface area contributed by atoms with E-state index in [1.807, 2.05) is 11.8 Å². The van der Waals surface area contributed by atoms with Crippen molar-refractivity contribution < 1.29 is 41.8 Å². The molecule has 3 amide bonds. The molecule has 0 bridgehead atoms. The molecule has 2 saturated heterocycles. The molecule has 1 aromatic carbocycles. The minimum absolute atomic E-state index is 0.00492. The Kier molecular flexibility index (Phi) is 10.2. The van der Waals surface area contributed by atoms with E-state index in [4.69, 9.17) is 14.2 Å². The highest BCUT2D eigenvalue weighted by molar-refractivity contribution is 8.00. The van der Waals surface area contributed by atoms with Gasteiger partial charge in [-0.3, -0.25) is 9.59 Å². The third kappa shape index (κ3) is 7.63. The molecule has 2 fully saturated rings. The van der Waals surface area contributed by atoms with Gasteiger partial charge in [-0.1, -0.05) is 12.5 Å². The van der Waals surface area contributed by atoms with Crippen molar-refractivity contribution in [2.45, 2.75) is 54.9 Å². The molecule has 3 atom stereocenters. The first-order chi connectivity index (χ1) is 19.2. The number of fused-ring (bicyclic) bond motifs is 1. The highest BCUT2D eigenvalue weighted by Gasteiger charge is 2.65. The smallest absolute Gasteiger partial charge is 0.442 e. The number of hydrogen-bond acceptors (Lipinski definition) is 9. The van der Waals surface area contributed by atoms with Crippen LogP contribution in [0.2, 0.25) is 0 Å². The molecule has 3 N–H and O–H groups in total. The van der Waals surface area contributed by atoms with Crippen molar-refractivity contribution in [3.05, 3.63) is 29.3 Å². The van der Waals surface area contributed by atoms with Crippen LogP contribution in [0.3, 0.4) is 0 Å². The zero-order valence-corrected chi connectivity index (χ0v) is 22.5. The highest BCUT2D eigenvalue weighted by atomic mass is 32.2. The second-order valence-corrected chi connectivity index (χ2v) is 10.8. The van der Waals surface area contributed by atoms with Crippen LogP contribution >= 0.6 is 11.8 Å². The fourth-order valence-corrected chi connectivity index (χ4v) is 6.12. The van der Waals surface area contributed by atoms with Crippen LogP contribution in [0, 0.1) is 0 Å². The normalized spacial score (nSPS) is 22.4. The summed E-state index contributed by atoms with van der Waals surface area (Å²) in [4.78, 5) is 34.6. The second-order valence-electron chi connectivity index (χ2n) is 9.53. The lowest BCUT2D eigenvalue weighted by Gasteiger charge is -2.16. The molecule has 0 aliphatic carbocycles. The zero-order valence-electron chi connectivity index (χ0n) is 21.7. The number of aldehydes is 1. The molecule has 3 aliphatic rings. The molecule has 15 heteroatoms. The fraction of sp³-hybridized carbons (Fsp3) is 0.640. The van der Waals surface area contributed by atoms with Crippen molar-refractivity contribution in [1.82, 2.24) is 16.0 Å². The van der Waals surface area contributed by atoms with Gasteiger partial charge in [0.1, 0.15) is 12.4 Å². The maximum atomic E-state index is 13.2. The number of amides is 3. The Bertz CT molecular complexity index is 1090. The number of thioether (sulfide) groups is 1. The number of urea groups is 1. The molecular formula is C25H32F3N5O6S. The first kappa shape index (κ1) is 30.1. The average molecular weight is 588 g/mol. The van der Waals surface area contributed by atoms with Gasteiger partial charge in [0.05, 0.1) is 44.1 Å². The maximum absolute atomic E-state index is 13.2. The summed E-state index contributed by atoms with van der Waals surface area (Å²) >= 11 is 1.86. The second kappa shape index (κ2) is 13.6. The van der Waals surface area contributed by atoms with E-state index in [-0.39, 0.29) is 67.3 Å². The van der Waals surface area contributed by atoms with E-state index in [2.05, 4.69) is 26.2 Å². The van der Waals surface area contributed by atoms with Gasteiger partial charge in [0, 0.05) is 29.5 Å². The predicted octanol–water partition coefficient (Wildman–Crippen LogP) is 2.93. The predicted molar refractivity (Wildman–Crippen MR) is 139 cm³/mol. The number of carbonyl (C=O) groups excluding carboxylic acids is 3. The van der Waals surface area contributed by atoms with Crippen LogP contribution in [0.15, 0.2) is 28.4 Å². The number of nitrogens with one attached hydrogen (secondary N) is 3. The Balaban J connectivity index is 0.993. The number of benzene rings is 1. The van der Waals surface area contributed by atoms with Gasteiger partial charge in [-0.2, -0.15) is 24.9 Å². The third-order valence-electron chi connectivity index (χ3n) is 6.74. The van der Waals surface area contributed by atoms with Gasteiger partial charge in [-0.15, -0.1) is 10.2 Å². The van der Waals surface area contributed by atoms with Crippen LogP contribution in [0.25, 0.3) is 0 Å². The van der Waals surface area contributed by atoms with Crippen molar-refractivity contribution in [2.75, 3.05) is 45.3 Å². The van der Waals surface area contributed by atoms with Crippen LogP contribution in [-0.4, -0.2) is 87.1 Å². The number of ether oxygens (including phenoxy) is 3. The van der Waals surface area contributed by atoms with E-state index in [0.717, 1.165) is 37.1 Å². The molecular weight excluding hydrogens is 555 g/mol. The van der Waals surface area contributed by atoms with Gasteiger partial charge in [-0.05, 0) is 25.0 Å². The summed E-state index contributed by atoms with van der Waals surface area (Å²) in [6, 6.07) is 3.81. The van der Waals surface area contributed by atoms with E-state index in [0.29, 0.717) is 31.1 Å². The van der Waals surface area contributed by atoms with Gasteiger partial charge in [0.25, 0.3) is 0 Å². The van der Waals surface area contributed by atoms with Crippen molar-refractivity contribution >= 4 is 30.0 Å². The quantitative estimate of drug-likeness (QED) is 0.145. The lowest BCUT2D eigenvalue weighted by atomic mass is 10.0. The zero-order chi connectivity index (χ0) is 28.6. The van der Waals surface area contributed by atoms with Crippen molar-refractivity contribution in [2.24, 2.45) is 10.2 Å². The van der Waals surface area contributed by atoms with Crippen molar-refractivity contribution in [3.63, 3.8) is 0 Å². The molecule has 40 heavy (non-hydrogen) atoms. The molecule has 220 valence electrons. The number of rotatable bonds is 17. The van der Waals surface area contributed by atoms with E-state index in [9.17, 15) is 27.6 Å². The van der Waals surface area contributed by atoms with Crippen molar-refractivity contribution in [3.8, 4) is 5.75 Å². The number of nitrogens with zero attached hydrogens (tertiary/aromatic N) is 2. The van der Waals surface area contributed by atoms with Crippen LogP contribution in [0.1, 0.15) is 41.6 Å². The fourth-order valence-electron chi connectivity index (χ4n) is 4.57. The Morgan fingerprint density at radius 1 is 1.12 bits per heavy atom. The first-order valence-electron chi connectivity index (χ1n) is 13.1. The van der Waals surface area contributed by atoms with E-state index in [1.54, 1.807) is 0 Å². The minimum Gasteiger partial charge on any atom is -0.490 e. The Morgan fingerprint density at radius 3 is 2.60 bits per heavy atom. The van der Waals surface area contributed by atoms with Crippen LogP contribution < -0.4 is 20.7 Å². The summed E-state index contributed by atoms with van der Waals surface area (Å²) in [5, 5.41) is 15.4. The summed E-state index contributed by atoms with van der Waals surface area (Å²) < 4.78 is 55.9. The maximum Gasteiger partial charge on any atom is 0.442 e. The summed E-state index contributed by atoms with van der Waals surface area (Å²) in [6.07, 6.45) is -1.07. The number of alkyl halides is 3. The molecule has 3 aliphatic heterocycles. The molecule has 4 rings (SSSR count). The summed E-state index contributed by atoms with van der Waals surface area (Å²) in [5.41, 5.74) is -2.71. The first-order valence-corrected chi connectivity index (χ1v) is 14.1. The molecule has 1 aromatic rings. The largest absolute Gasteiger partial charge is 0.490 e. The van der Waals surface area contributed by atoms with Crippen molar-refractivity contribution in [1.29, 1.82) is 0 Å². The number of carbonyl (C=O) groups is 3. The lowest BCUT2D eigenvalue weighted by molar-refractivity contribution is -0.166. The Labute approximate surface area is 233 Å². The molecule has 0 aromatic heterocycles. The van der Waals surface area contributed by atoms with Gasteiger partial charge >= 0.3 is 17.9 Å². The molecule has 0 spiro atoms. The molecule has 11 nitrogen and oxygen atoms in total. The van der Waals surface area contributed by atoms with Crippen LogP contribution in [-0.2, 0) is 19.9 Å². The monoisotopic (exact) mass is 587 g/mol. The van der Waals surface area contributed by atoms with E-state index >= 15 is 0 Å². The molecule has 3 heterocycles. The topological polar surface area (TPSA) is 140 Å². The van der Waals surface area contributed by atoms with Gasteiger partial charge in [0.2, 0.25) is 5.91 Å². The van der Waals surface area contributed by atoms with E-state index < -0.39 is 11.8 Å². The van der Waals surface area contributed by atoms with E-state index in [1.165, 1.54) is 6.07 Å². The minimum atomic E-state index is -4.67. The standard InChI is InChI=1S/C25H32F3N5O6S/c26-25(27,28)24(32-33-24)17-6-5-16(14-34)19(13-17)39-12-11-38-10-9-37-8-7-29-21(35)4-2-1-3-20-22-18(15-40-20)30-23(36)31-22/h5-6,13-14,18,20,22H,1-4,7-12,15H2,(H,29,35)(H2,30,31,36)/t18?,20-,22?/m0/s1. The highest BCUT2D eigenvalue weighted by Crippen LogP contribution is 2.52. The lowest BCUT2D eigenvalue weighted by Crippen LogP contribution is -2.36. The summed E-state index contributed by atoms with van der Waals surface area (Å²) in [5.74, 6) is 0.885. The summed E-state index contributed by atoms with van der Waals surface area (Å²) in [6.45, 7) is 1.39. The number of hydrogen-bond donors (Lipinski definition) is 3. The van der Waals surface area contributed by atoms with Crippen LogP contribution in [0.5, 0.6) is 5.75 Å². The number of unbranched alkanes of at least 4 members (excludes halogenated alkanes) is 1. The third-order valence-corrected chi connectivity index (χ3v) is 8.25.